The fourth-order valence-electron chi connectivity index (χ4n) is 17.2. The van der Waals surface area contributed by atoms with Gasteiger partial charge in [-0.2, -0.15) is 15.3 Å². The van der Waals surface area contributed by atoms with E-state index in [0.29, 0.717) is 142 Å². The number of likely N-dealkylation sites (tertiary alicyclic amines) is 3. The monoisotopic (exact) mass is 1780 g/mol. The maximum Gasteiger partial charge on any atom is 0.323 e. The number of carbonyl (C=O) groups excluding carboxylic acids is 6. The highest BCUT2D eigenvalue weighted by atomic mass is 16.5. The fraction of sp³-hybridized carbons (Fsp3) is 0.299. The van der Waals surface area contributed by atoms with Crippen molar-refractivity contribution in [1.82, 2.24) is 84.2 Å². The normalized spacial score (nSPS) is 15.8. The molecule has 6 saturated heterocycles. The van der Waals surface area contributed by atoms with Crippen molar-refractivity contribution in [3.63, 3.8) is 0 Å². The highest BCUT2D eigenvalue weighted by Crippen LogP contribution is 2.38. The average Bonchev–Trinajstić information content (AvgIpc) is 1.60. The molecule has 13 heterocycles. The van der Waals surface area contributed by atoms with Crippen molar-refractivity contribution in [1.29, 1.82) is 0 Å². The Balaban J connectivity index is 0.000000133. The van der Waals surface area contributed by atoms with Crippen molar-refractivity contribution in [2.75, 3.05) is 173 Å². The standard InChI is InChI=1S/C34H34N8O3.C33H33N9O3.C30H34N8O4/c43-33(25-7-3-1-4-8-25)41-17-15-28(16-18-41)42-32-29(23-35-42)31(40-19-21-45-22-20-40)38-30(39-32)24-11-13-27(14-12-24)37-34(44)36-26-9-5-2-6-10-26;43-32(24-5-2-1-3-6-24)41-15-12-27(13-16-41)42-31-28(22-35-42)30(40-17-19-45-20-18-40)38-29(39-31)23-8-10-25(11-9-23)36-33(44)37-26-7-4-14-34-21-26;39-17-12-31-30(41)33-23-8-6-21(7-9-23)26-34-27(36-15-18-42-19-16-36)25-20-32-38(28(25)35-26)24-10-13-37(14-11-24)29(40)22-4-2-1-3-5-22/h1-14,23,28H,15-22H2,(H2,36,37,44);1-11,14,21-22,27H,12-13,15-20H2,(H2,36,37,44);1-9,20,24,39H,10-19H2,(H2,31,33,41). The SMILES string of the molecule is O=C(NCCO)Nc1ccc(-c2nc(N3CCOCC3)c3cnn(C4CCN(C(=O)c5ccccc5)CC4)c3n2)cc1.O=C(Nc1ccc(-c2nc(N3CCOCC3)c3cnn(C4CCN(C(=O)c5ccccc5)CC4)c3n2)cc1)Nc1cccnc1.O=C(Nc1ccccc1)Nc1ccc(-c2nc(N3CCOCC3)c3cnn(C4CCN(C(=O)c5ccccc5)CC4)c3n2)cc1. The van der Waals surface area contributed by atoms with Gasteiger partial charge in [-0.15, -0.1) is 0 Å². The summed E-state index contributed by atoms with van der Waals surface area (Å²) >= 11 is 0. The molecule has 7 aromatic heterocycles. The molecular formula is C97H101N25O10. The Bertz CT molecular complexity index is 6040. The van der Waals surface area contributed by atoms with Gasteiger partial charge in [0.15, 0.2) is 34.4 Å². The molecule has 7 aromatic carbocycles. The third kappa shape index (κ3) is 20.7. The van der Waals surface area contributed by atoms with Crippen LogP contribution in [0.5, 0.6) is 0 Å². The third-order valence-electron chi connectivity index (χ3n) is 24.1. The second-order valence-electron chi connectivity index (χ2n) is 32.7. The first-order valence-corrected chi connectivity index (χ1v) is 44.7. The van der Waals surface area contributed by atoms with Gasteiger partial charge in [0, 0.05) is 147 Å². The molecule has 0 aliphatic carbocycles. The number of hydrogen-bond acceptors (Lipinski definition) is 23. The summed E-state index contributed by atoms with van der Waals surface area (Å²) in [4.78, 5) is 123. The minimum atomic E-state index is -0.385. The first-order valence-electron chi connectivity index (χ1n) is 44.7. The van der Waals surface area contributed by atoms with E-state index in [4.69, 9.17) is 64.5 Å². The number of para-hydroxylation sites is 1. The van der Waals surface area contributed by atoms with Gasteiger partial charge in [0.1, 0.15) is 17.5 Å². The van der Waals surface area contributed by atoms with E-state index in [0.717, 1.165) is 145 Å². The number of benzene rings is 7. The number of rotatable bonds is 19. The van der Waals surface area contributed by atoms with E-state index in [9.17, 15) is 28.8 Å². The van der Waals surface area contributed by atoms with Gasteiger partial charge in [0.05, 0.1) is 111 Å². The van der Waals surface area contributed by atoms with Crippen LogP contribution in [0, 0.1) is 0 Å². The van der Waals surface area contributed by atoms with Crippen molar-refractivity contribution in [2.24, 2.45) is 0 Å². The summed E-state index contributed by atoms with van der Waals surface area (Å²) in [6.07, 6.45) is 13.5. The molecule has 132 heavy (non-hydrogen) atoms. The zero-order valence-corrected chi connectivity index (χ0v) is 72.8. The number of nitrogens with one attached hydrogen (secondary N) is 6. The van der Waals surface area contributed by atoms with Gasteiger partial charge in [0.25, 0.3) is 17.7 Å². The van der Waals surface area contributed by atoms with Crippen molar-refractivity contribution in [2.45, 2.75) is 56.7 Å². The summed E-state index contributed by atoms with van der Waals surface area (Å²) in [7, 11) is 0. The molecule has 0 saturated carbocycles. The van der Waals surface area contributed by atoms with Crippen LogP contribution < -0.4 is 46.6 Å². The number of aliphatic hydroxyl groups excluding tert-OH is 1. The number of aromatic nitrogens is 13. The second kappa shape index (κ2) is 41.5. The van der Waals surface area contributed by atoms with Crippen LogP contribution in [0.1, 0.15) is 87.7 Å². The van der Waals surface area contributed by atoms with Crippen LogP contribution in [0.3, 0.4) is 0 Å². The van der Waals surface area contributed by atoms with E-state index in [1.807, 2.05) is 229 Å². The average molecular weight is 1780 g/mol. The molecule has 6 aliphatic heterocycles. The Morgan fingerprint density at radius 3 is 0.909 bits per heavy atom. The van der Waals surface area contributed by atoms with Crippen molar-refractivity contribution < 1.29 is 48.1 Å². The molecule has 35 heteroatoms. The van der Waals surface area contributed by atoms with E-state index in [1.54, 1.807) is 36.7 Å². The molecule has 6 fully saturated rings. The van der Waals surface area contributed by atoms with Gasteiger partial charge in [0.2, 0.25) is 0 Å². The summed E-state index contributed by atoms with van der Waals surface area (Å²) in [5, 5.41) is 42.7. The van der Waals surface area contributed by atoms with Crippen LogP contribution in [0.15, 0.2) is 237 Å². The zero-order valence-electron chi connectivity index (χ0n) is 72.8. The van der Waals surface area contributed by atoms with E-state index in [-0.39, 0.29) is 67.1 Å². The van der Waals surface area contributed by atoms with Crippen molar-refractivity contribution in [3.05, 3.63) is 254 Å². The molecule has 35 nitrogen and oxygen atoms in total. The molecule has 7 N–H and O–H groups in total. The van der Waals surface area contributed by atoms with Gasteiger partial charge in [-0.05, 0) is 172 Å². The quantitative estimate of drug-likeness (QED) is 0.0395. The lowest BCUT2D eigenvalue weighted by Crippen LogP contribution is -2.39. The topological polar surface area (TPSA) is 386 Å². The number of pyridine rings is 1. The van der Waals surface area contributed by atoms with Crippen LogP contribution in [0.25, 0.3) is 67.3 Å². The molecule has 0 atom stereocenters. The van der Waals surface area contributed by atoms with Gasteiger partial charge in [-0.3, -0.25) is 19.4 Å². The molecule has 0 spiro atoms. The molecule has 674 valence electrons. The number of nitrogens with zero attached hydrogens (tertiary/aromatic N) is 19. The highest BCUT2D eigenvalue weighted by Gasteiger charge is 2.34. The first-order chi connectivity index (χ1) is 64.8. The number of aliphatic hydroxyl groups is 1. The Hall–Kier alpha value is -15.2. The lowest BCUT2D eigenvalue weighted by Gasteiger charge is -2.32. The predicted molar refractivity (Wildman–Crippen MR) is 503 cm³/mol. The molecule has 0 bridgehead atoms. The Morgan fingerprint density at radius 1 is 0.318 bits per heavy atom. The van der Waals surface area contributed by atoms with Gasteiger partial charge in [-0.25, -0.2) is 58.3 Å². The number of amides is 9. The second-order valence-corrected chi connectivity index (χ2v) is 32.7. The van der Waals surface area contributed by atoms with Crippen molar-refractivity contribution in [3.8, 4) is 34.2 Å². The van der Waals surface area contributed by atoms with Crippen LogP contribution in [-0.2, 0) is 14.2 Å². The molecule has 9 amide bonds. The number of piperidine rings is 3. The minimum Gasteiger partial charge on any atom is -0.395 e. The van der Waals surface area contributed by atoms with Gasteiger partial charge in [-0.1, -0.05) is 72.8 Å². The minimum absolute atomic E-state index is 0.0578. The van der Waals surface area contributed by atoms with Gasteiger partial charge >= 0.3 is 18.1 Å². The molecule has 0 unspecified atom stereocenters. The summed E-state index contributed by atoms with van der Waals surface area (Å²) in [6, 6.07) is 62.7. The van der Waals surface area contributed by atoms with E-state index in [2.05, 4.69) is 51.6 Å². The summed E-state index contributed by atoms with van der Waals surface area (Å²) in [6.45, 7) is 12.1. The third-order valence-corrected chi connectivity index (χ3v) is 24.1. The largest absolute Gasteiger partial charge is 0.395 e. The smallest absolute Gasteiger partial charge is 0.323 e. The lowest BCUT2D eigenvalue weighted by atomic mass is 10.0. The highest BCUT2D eigenvalue weighted by molar-refractivity contribution is 6.02. The number of ether oxygens (including phenoxy) is 3. The van der Waals surface area contributed by atoms with Crippen molar-refractivity contribution >= 4 is 115 Å². The Kier molecular flexibility index (Phi) is 27.5. The zero-order chi connectivity index (χ0) is 90.1. The molecular weight excluding hydrogens is 1680 g/mol. The fourth-order valence-corrected chi connectivity index (χ4v) is 17.2. The van der Waals surface area contributed by atoms with E-state index >= 15 is 0 Å². The van der Waals surface area contributed by atoms with E-state index < -0.39 is 0 Å². The number of carbonyl (C=O) groups is 6. The van der Waals surface area contributed by atoms with Crippen LogP contribution in [0.4, 0.5) is 60.3 Å². The summed E-state index contributed by atoms with van der Waals surface area (Å²) in [5.74, 6) is 4.41. The molecule has 14 aromatic rings. The Labute approximate surface area is 760 Å². The van der Waals surface area contributed by atoms with Crippen LogP contribution in [0.2, 0.25) is 0 Å². The predicted octanol–water partition coefficient (Wildman–Crippen LogP) is 13.2. The summed E-state index contributed by atoms with van der Waals surface area (Å²) < 4.78 is 22.8. The number of hydrogen-bond donors (Lipinski definition) is 7. The maximum atomic E-state index is 13.0. The van der Waals surface area contributed by atoms with Gasteiger partial charge < -0.3 is 80.6 Å². The maximum absolute atomic E-state index is 13.0. The lowest BCUT2D eigenvalue weighted by molar-refractivity contribution is 0.0684. The molecule has 20 rings (SSSR count). The summed E-state index contributed by atoms with van der Waals surface area (Å²) in [5.41, 5.74) is 10.1. The molecule has 6 aliphatic rings. The van der Waals surface area contributed by atoms with E-state index in [1.165, 1.54) is 0 Å². The Morgan fingerprint density at radius 2 is 0.606 bits per heavy atom. The molecule has 0 radical (unpaired) electrons. The number of fused-ring (bicyclic) bond motifs is 3. The number of anilines is 8. The van der Waals surface area contributed by atoms with Crippen LogP contribution >= 0.6 is 0 Å². The number of urea groups is 3. The first kappa shape index (κ1) is 87.5. The number of morpholine rings is 3. The van der Waals surface area contributed by atoms with Crippen LogP contribution in [-0.4, -0.2) is 251 Å².